The Labute approximate surface area is 181 Å². The molecule has 0 radical (unpaired) electrons. The van der Waals surface area contributed by atoms with Crippen LogP contribution in [0, 0.1) is 5.82 Å². The number of nitrogens with two attached hydrogens (primary N) is 1. The molecule has 0 spiro atoms. The molecule has 2 heterocycles. The molecule has 1 aliphatic heterocycles. The van der Waals surface area contributed by atoms with Gasteiger partial charge in [0.15, 0.2) is 11.5 Å². The molecule has 0 bridgehead atoms. The second kappa shape index (κ2) is 9.94. The van der Waals surface area contributed by atoms with Gasteiger partial charge in [-0.2, -0.15) is 0 Å². The molecule has 0 unspecified atom stereocenters. The number of anilines is 1. The second-order valence-corrected chi connectivity index (χ2v) is 7.67. The number of hydrogen-bond acceptors (Lipinski definition) is 6. The minimum atomic E-state index is -0.308. The number of rotatable bonds is 8. The van der Waals surface area contributed by atoms with E-state index in [0.717, 1.165) is 55.7 Å². The van der Waals surface area contributed by atoms with Gasteiger partial charge in [-0.1, -0.05) is 6.07 Å². The average molecular weight is 426 g/mol. The topological polar surface area (TPSA) is 69.8 Å². The Morgan fingerprint density at radius 2 is 1.94 bits per heavy atom. The lowest BCUT2D eigenvalue weighted by Gasteiger charge is -2.26. The Balaban J connectivity index is 1.49. The maximum atomic E-state index is 14.3. The summed E-state index contributed by atoms with van der Waals surface area (Å²) in [5.41, 5.74) is 8.42. The van der Waals surface area contributed by atoms with Crippen LogP contribution in [0.1, 0.15) is 17.5 Å². The molecule has 2 aromatic carbocycles. The third-order valence-corrected chi connectivity index (χ3v) is 5.56. The lowest BCUT2D eigenvalue weighted by atomic mass is 10.00. The quantitative estimate of drug-likeness (QED) is 0.439. The van der Waals surface area contributed by atoms with Crippen LogP contribution in [0.5, 0.6) is 11.5 Å². The van der Waals surface area contributed by atoms with Crippen LogP contribution in [-0.4, -0.2) is 56.4 Å². The molecule has 1 saturated heterocycles. The molecule has 31 heavy (non-hydrogen) atoms. The van der Waals surface area contributed by atoms with Gasteiger partial charge in [0.05, 0.1) is 32.4 Å². The Morgan fingerprint density at radius 3 is 2.71 bits per heavy atom. The van der Waals surface area contributed by atoms with Crippen LogP contribution >= 0.6 is 0 Å². The summed E-state index contributed by atoms with van der Waals surface area (Å²) in [5, 5.41) is 0.913. The number of pyridine rings is 1. The first-order valence-corrected chi connectivity index (χ1v) is 10.6. The molecule has 4 rings (SSSR count). The Hall–Kier alpha value is -2.90. The molecule has 0 amide bonds. The normalized spacial score (nSPS) is 14.6. The number of nitrogen functional groups attached to an aromatic ring is 1. The number of benzene rings is 2. The first-order chi connectivity index (χ1) is 15.1. The fourth-order valence-corrected chi connectivity index (χ4v) is 3.84. The molecule has 3 aromatic rings. The molecule has 1 fully saturated rings. The van der Waals surface area contributed by atoms with E-state index in [1.54, 1.807) is 25.4 Å². The zero-order valence-corrected chi connectivity index (χ0v) is 17.8. The van der Waals surface area contributed by atoms with Gasteiger partial charge in [0.25, 0.3) is 0 Å². The first kappa shape index (κ1) is 21.3. The van der Waals surface area contributed by atoms with Gasteiger partial charge in [0.1, 0.15) is 5.82 Å². The zero-order chi connectivity index (χ0) is 21.6. The number of nitrogens with zero attached hydrogens (tertiary/aromatic N) is 2. The lowest BCUT2D eigenvalue weighted by molar-refractivity contribution is 0.0357. The van der Waals surface area contributed by atoms with Gasteiger partial charge in [-0.25, -0.2) is 4.39 Å². The van der Waals surface area contributed by atoms with E-state index in [9.17, 15) is 4.39 Å². The van der Waals surface area contributed by atoms with Crippen molar-refractivity contribution < 1.29 is 18.6 Å². The standard InChI is InChI=1S/C24H28FN3O3/c1-29-23-15-20-17(13-18-3-4-19(26)14-21(18)25)5-6-27-22(20)16-24(23)31-10-2-7-28-8-11-30-12-9-28/h3-6,14-16H,2,7-13,26H2,1H3. The van der Waals surface area contributed by atoms with Crippen molar-refractivity contribution in [1.82, 2.24) is 9.88 Å². The fraction of sp³-hybridized carbons (Fsp3) is 0.375. The van der Waals surface area contributed by atoms with E-state index in [1.165, 1.54) is 6.07 Å². The fourth-order valence-electron chi connectivity index (χ4n) is 3.84. The van der Waals surface area contributed by atoms with Crippen molar-refractivity contribution in [3.8, 4) is 11.5 Å². The number of ether oxygens (including phenoxy) is 3. The number of halogens is 1. The molecule has 0 saturated carbocycles. The smallest absolute Gasteiger partial charge is 0.163 e. The zero-order valence-electron chi connectivity index (χ0n) is 17.8. The minimum Gasteiger partial charge on any atom is -0.493 e. The molecule has 1 aliphatic rings. The lowest BCUT2D eigenvalue weighted by Crippen LogP contribution is -2.37. The highest BCUT2D eigenvalue weighted by atomic mass is 19.1. The summed E-state index contributed by atoms with van der Waals surface area (Å²) in [6.45, 7) is 5.12. The van der Waals surface area contributed by atoms with Crippen LogP contribution in [0.3, 0.4) is 0 Å². The summed E-state index contributed by atoms with van der Waals surface area (Å²) in [4.78, 5) is 6.87. The van der Waals surface area contributed by atoms with Crippen molar-refractivity contribution in [3.63, 3.8) is 0 Å². The number of hydrogen-bond donors (Lipinski definition) is 1. The van der Waals surface area contributed by atoms with Crippen LogP contribution in [0.15, 0.2) is 42.6 Å². The average Bonchev–Trinajstić information content (AvgIpc) is 2.79. The molecule has 1 aromatic heterocycles. The van der Waals surface area contributed by atoms with Gasteiger partial charge >= 0.3 is 0 Å². The van der Waals surface area contributed by atoms with Crippen molar-refractivity contribution in [2.24, 2.45) is 0 Å². The Bertz CT molecular complexity index is 1040. The Morgan fingerprint density at radius 1 is 1.10 bits per heavy atom. The summed E-state index contributed by atoms with van der Waals surface area (Å²) in [6, 6.07) is 10.5. The highest BCUT2D eigenvalue weighted by Crippen LogP contribution is 2.34. The number of morpholine rings is 1. The van der Waals surface area contributed by atoms with Crippen molar-refractivity contribution in [1.29, 1.82) is 0 Å². The maximum Gasteiger partial charge on any atom is 0.163 e. The van der Waals surface area contributed by atoms with Crippen molar-refractivity contribution in [2.75, 3.05) is 52.3 Å². The van der Waals surface area contributed by atoms with Gasteiger partial charge in [0.2, 0.25) is 0 Å². The van der Waals surface area contributed by atoms with E-state index in [1.807, 2.05) is 18.2 Å². The van der Waals surface area contributed by atoms with E-state index in [2.05, 4.69) is 9.88 Å². The van der Waals surface area contributed by atoms with E-state index < -0.39 is 0 Å². The molecular formula is C24H28FN3O3. The molecule has 2 N–H and O–H groups in total. The van der Waals surface area contributed by atoms with Crippen LogP contribution < -0.4 is 15.2 Å². The van der Waals surface area contributed by atoms with E-state index in [-0.39, 0.29) is 5.82 Å². The Kier molecular flexibility index (Phi) is 6.84. The second-order valence-electron chi connectivity index (χ2n) is 7.67. The molecule has 7 heteroatoms. The van der Waals surface area contributed by atoms with Gasteiger partial charge in [-0.05, 0) is 41.8 Å². The van der Waals surface area contributed by atoms with Crippen molar-refractivity contribution >= 4 is 16.6 Å². The number of fused-ring (bicyclic) bond motifs is 1. The van der Waals surface area contributed by atoms with E-state index >= 15 is 0 Å². The minimum absolute atomic E-state index is 0.308. The highest BCUT2D eigenvalue weighted by Gasteiger charge is 2.14. The van der Waals surface area contributed by atoms with Crippen LogP contribution in [-0.2, 0) is 11.2 Å². The molecule has 0 aliphatic carbocycles. The predicted octanol–water partition coefficient (Wildman–Crippen LogP) is 3.66. The van der Waals surface area contributed by atoms with Gasteiger partial charge in [-0.3, -0.25) is 9.88 Å². The first-order valence-electron chi connectivity index (χ1n) is 10.6. The van der Waals surface area contributed by atoms with E-state index in [0.29, 0.717) is 35.8 Å². The summed E-state index contributed by atoms with van der Waals surface area (Å²) < 4.78 is 31.3. The third kappa shape index (κ3) is 5.24. The number of methoxy groups -OCH3 is 1. The third-order valence-electron chi connectivity index (χ3n) is 5.56. The van der Waals surface area contributed by atoms with E-state index in [4.69, 9.17) is 19.9 Å². The van der Waals surface area contributed by atoms with Crippen LogP contribution in [0.4, 0.5) is 10.1 Å². The van der Waals surface area contributed by atoms with Gasteiger partial charge in [-0.15, -0.1) is 0 Å². The molecule has 6 nitrogen and oxygen atoms in total. The van der Waals surface area contributed by atoms with Crippen molar-refractivity contribution in [2.45, 2.75) is 12.8 Å². The molecular weight excluding hydrogens is 397 g/mol. The van der Waals surface area contributed by atoms with Crippen LogP contribution in [0.2, 0.25) is 0 Å². The summed E-state index contributed by atoms with van der Waals surface area (Å²) >= 11 is 0. The van der Waals surface area contributed by atoms with Crippen LogP contribution in [0.25, 0.3) is 10.9 Å². The summed E-state index contributed by atoms with van der Waals surface area (Å²) in [5.74, 6) is 1.00. The molecule has 164 valence electrons. The summed E-state index contributed by atoms with van der Waals surface area (Å²) in [6.07, 6.45) is 3.10. The SMILES string of the molecule is COc1cc2c(Cc3ccc(N)cc3F)ccnc2cc1OCCCN1CCOCC1. The highest BCUT2D eigenvalue weighted by molar-refractivity contribution is 5.86. The van der Waals surface area contributed by atoms with Crippen molar-refractivity contribution in [3.05, 3.63) is 59.5 Å². The van der Waals surface area contributed by atoms with Gasteiger partial charge in [0, 0.05) is 49.4 Å². The largest absolute Gasteiger partial charge is 0.493 e. The predicted molar refractivity (Wildman–Crippen MR) is 119 cm³/mol. The summed E-state index contributed by atoms with van der Waals surface area (Å²) in [7, 11) is 1.62. The number of aromatic nitrogens is 1. The van der Waals surface area contributed by atoms with Gasteiger partial charge < -0.3 is 19.9 Å². The maximum absolute atomic E-state index is 14.3. The molecule has 0 atom stereocenters. The monoisotopic (exact) mass is 425 g/mol.